The zero-order valence-corrected chi connectivity index (χ0v) is 13.0. The Bertz CT molecular complexity index is 678. The van der Waals surface area contributed by atoms with E-state index in [1.54, 1.807) is 0 Å². The van der Waals surface area contributed by atoms with Gasteiger partial charge in [-0.05, 0) is 12.1 Å². The summed E-state index contributed by atoms with van der Waals surface area (Å²) in [7, 11) is 1.48. The van der Waals surface area contributed by atoms with E-state index in [-0.39, 0.29) is 32.3 Å². The molecule has 1 unspecified atom stereocenters. The second-order valence-corrected chi connectivity index (χ2v) is 5.32. The number of hydrogen-bond acceptors (Lipinski definition) is 3. The molecule has 2 aromatic rings. The summed E-state index contributed by atoms with van der Waals surface area (Å²) in [5, 5.41) is 4.64. The van der Waals surface area contributed by atoms with E-state index in [4.69, 9.17) is 45.3 Å². The van der Waals surface area contributed by atoms with E-state index in [0.29, 0.717) is 5.56 Å². The van der Waals surface area contributed by atoms with Gasteiger partial charge in [0.15, 0.2) is 6.67 Å². The van der Waals surface area contributed by atoms with E-state index in [2.05, 4.69) is 5.10 Å². The maximum atomic E-state index is 13.0. The fourth-order valence-corrected chi connectivity index (χ4v) is 2.46. The number of nitrogens with zero attached hydrogens (tertiary/aromatic N) is 2. The quantitative estimate of drug-likeness (QED) is 0.832. The summed E-state index contributed by atoms with van der Waals surface area (Å²) < 4.78 is 31.2. The Morgan fingerprint density at radius 1 is 1.33 bits per heavy atom. The van der Waals surface area contributed by atoms with Crippen LogP contribution in [0.15, 0.2) is 12.1 Å². The topological polar surface area (TPSA) is 53.1 Å². The second kappa shape index (κ2) is 6.25. The minimum Gasteiger partial charge on any atom is -0.439 e. The van der Waals surface area contributed by atoms with Crippen LogP contribution < -0.4 is 10.5 Å². The van der Waals surface area contributed by atoms with E-state index in [1.807, 2.05) is 0 Å². The zero-order valence-electron chi connectivity index (χ0n) is 10.7. The number of benzene rings is 1. The summed E-state index contributed by atoms with van der Waals surface area (Å²) in [5.41, 5.74) is 6.64. The lowest BCUT2D eigenvalue weighted by atomic mass is 10.1. The molecule has 1 atom stereocenters. The maximum absolute atomic E-state index is 13.0. The molecule has 2 rings (SSSR count). The van der Waals surface area contributed by atoms with Crippen molar-refractivity contribution in [2.75, 3.05) is 12.4 Å². The van der Waals surface area contributed by atoms with Crippen molar-refractivity contribution >= 4 is 40.5 Å². The predicted octanol–water partition coefficient (Wildman–Crippen LogP) is 4.27. The normalized spacial score (nSPS) is 12.5. The van der Waals surface area contributed by atoms with Gasteiger partial charge in [-0.3, -0.25) is 0 Å². The van der Waals surface area contributed by atoms with Crippen LogP contribution in [0.2, 0.25) is 15.1 Å². The van der Waals surface area contributed by atoms with Crippen LogP contribution in [0.5, 0.6) is 5.88 Å². The smallest absolute Gasteiger partial charge is 0.268 e. The average molecular weight is 357 g/mol. The lowest BCUT2D eigenvalue weighted by Gasteiger charge is -2.08. The van der Waals surface area contributed by atoms with E-state index < -0.39 is 13.0 Å². The molecular weight excluding hydrogens is 347 g/mol. The number of ether oxygens (including phenoxy) is 1. The van der Waals surface area contributed by atoms with Crippen LogP contribution in [-0.4, -0.2) is 22.8 Å². The van der Waals surface area contributed by atoms with Crippen molar-refractivity contribution in [2.45, 2.75) is 6.36 Å². The standard InChI is InChI=1S/C12H10Cl3F2N3O/c1-20-12(21-9(17)4-16)10(15)11(19-20)5-2-8(18)7(14)3-6(5)13/h2-3,9H,4,18H2,1H3. The van der Waals surface area contributed by atoms with Gasteiger partial charge in [-0.15, -0.1) is 0 Å². The summed E-state index contributed by atoms with van der Waals surface area (Å²) in [5.74, 6) is -0.110. The molecule has 0 fully saturated rings. The van der Waals surface area contributed by atoms with Crippen molar-refractivity contribution in [1.82, 2.24) is 9.78 Å². The third-order valence-corrected chi connectivity index (χ3v) is 3.62. The summed E-state index contributed by atoms with van der Waals surface area (Å²) in [6.45, 7) is -1.30. The Balaban J connectivity index is 2.51. The first kappa shape index (κ1) is 16.1. The fourth-order valence-electron chi connectivity index (χ4n) is 1.68. The predicted molar refractivity (Wildman–Crippen MR) is 79.6 cm³/mol. The molecule has 0 radical (unpaired) electrons. The van der Waals surface area contributed by atoms with Gasteiger partial charge in [-0.1, -0.05) is 34.8 Å². The zero-order chi connectivity index (χ0) is 15.7. The number of halogens is 5. The number of alkyl halides is 2. The molecule has 1 aromatic carbocycles. The highest BCUT2D eigenvalue weighted by Gasteiger charge is 2.22. The fraction of sp³-hybridized carbons (Fsp3) is 0.250. The molecule has 9 heteroatoms. The van der Waals surface area contributed by atoms with E-state index >= 15 is 0 Å². The number of aromatic nitrogens is 2. The highest BCUT2D eigenvalue weighted by molar-refractivity contribution is 6.39. The number of anilines is 1. The van der Waals surface area contributed by atoms with Crippen molar-refractivity contribution in [3.8, 4) is 17.1 Å². The number of nitrogen functional groups attached to an aromatic ring is 1. The summed E-state index contributed by atoms with van der Waals surface area (Å²) in [6, 6.07) is 2.93. The van der Waals surface area contributed by atoms with Gasteiger partial charge in [0, 0.05) is 12.6 Å². The van der Waals surface area contributed by atoms with Crippen LogP contribution >= 0.6 is 34.8 Å². The van der Waals surface area contributed by atoms with Gasteiger partial charge in [-0.2, -0.15) is 9.49 Å². The Hall–Kier alpha value is -1.24. The third kappa shape index (κ3) is 3.17. The first-order valence-electron chi connectivity index (χ1n) is 5.69. The molecule has 4 nitrogen and oxygen atoms in total. The van der Waals surface area contributed by atoms with Crippen LogP contribution in [0.3, 0.4) is 0 Å². The van der Waals surface area contributed by atoms with Crippen LogP contribution in [0.25, 0.3) is 11.3 Å². The van der Waals surface area contributed by atoms with Crippen molar-refractivity contribution in [2.24, 2.45) is 7.05 Å². The minimum absolute atomic E-state index is 0.00257. The lowest BCUT2D eigenvalue weighted by Crippen LogP contribution is -2.14. The summed E-state index contributed by atoms with van der Waals surface area (Å²) in [6.07, 6.45) is -2.13. The number of aryl methyl sites for hydroxylation is 1. The van der Waals surface area contributed by atoms with Crippen molar-refractivity contribution in [1.29, 1.82) is 0 Å². The largest absolute Gasteiger partial charge is 0.439 e. The van der Waals surface area contributed by atoms with Crippen molar-refractivity contribution in [3.63, 3.8) is 0 Å². The summed E-state index contributed by atoms with van der Waals surface area (Å²) in [4.78, 5) is 0. The summed E-state index contributed by atoms with van der Waals surface area (Å²) >= 11 is 18.0. The molecule has 0 saturated carbocycles. The monoisotopic (exact) mass is 355 g/mol. The Kier molecular flexibility index (Phi) is 4.81. The molecule has 1 aromatic heterocycles. The molecular formula is C12H10Cl3F2N3O. The average Bonchev–Trinajstić information content (AvgIpc) is 2.70. The van der Waals surface area contributed by atoms with Gasteiger partial charge < -0.3 is 10.5 Å². The highest BCUT2D eigenvalue weighted by Crippen LogP contribution is 2.40. The molecule has 1 heterocycles. The van der Waals surface area contributed by atoms with Gasteiger partial charge in [-0.25, -0.2) is 9.07 Å². The van der Waals surface area contributed by atoms with Gasteiger partial charge in [0.1, 0.15) is 10.7 Å². The number of rotatable bonds is 4. The lowest BCUT2D eigenvalue weighted by molar-refractivity contribution is 0.0358. The van der Waals surface area contributed by atoms with E-state index in [9.17, 15) is 8.78 Å². The SMILES string of the molecule is Cn1nc(-c2cc(N)c(Cl)cc2Cl)c(Cl)c1OC(F)CF. The molecule has 2 N–H and O–H groups in total. The van der Waals surface area contributed by atoms with Crippen molar-refractivity contribution in [3.05, 3.63) is 27.2 Å². The third-order valence-electron chi connectivity index (χ3n) is 2.64. The van der Waals surface area contributed by atoms with Gasteiger partial charge in [0.25, 0.3) is 6.36 Å². The van der Waals surface area contributed by atoms with Gasteiger partial charge >= 0.3 is 0 Å². The maximum Gasteiger partial charge on any atom is 0.268 e. The Labute approximate surface area is 134 Å². The highest BCUT2D eigenvalue weighted by atomic mass is 35.5. The Morgan fingerprint density at radius 3 is 2.62 bits per heavy atom. The number of nitrogens with two attached hydrogens (primary N) is 1. The second-order valence-electron chi connectivity index (χ2n) is 4.13. The van der Waals surface area contributed by atoms with Crippen molar-refractivity contribution < 1.29 is 13.5 Å². The molecule has 0 aliphatic heterocycles. The first-order valence-corrected chi connectivity index (χ1v) is 6.82. The van der Waals surface area contributed by atoms with Crippen LogP contribution in [0, 0.1) is 0 Å². The molecule has 21 heavy (non-hydrogen) atoms. The molecule has 0 aliphatic carbocycles. The molecule has 114 valence electrons. The molecule has 0 saturated heterocycles. The molecule has 0 bridgehead atoms. The minimum atomic E-state index is -2.13. The van der Waals surface area contributed by atoms with Crippen LogP contribution in [-0.2, 0) is 7.05 Å². The van der Waals surface area contributed by atoms with Crippen LogP contribution in [0.1, 0.15) is 0 Å². The first-order chi connectivity index (χ1) is 9.85. The van der Waals surface area contributed by atoms with Gasteiger partial charge in [0.05, 0.1) is 15.7 Å². The number of hydrogen-bond donors (Lipinski definition) is 1. The molecule has 0 amide bonds. The Morgan fingerprint density at radius 2 is 2.00 bits per heavy atom. The van der Waals surface area contributed by atoms with Crippen LogP contribution in [0.4, 0.5) is 14.5 Å². The van der Waals surface area contributed by atoms with E-state index in [1.165, 1.54) is 23.9 Å². The van der Waals surface area contributed by atoms with Gasteiger partial charge in [0.2, 0.25) is 5.88 Å². The van der Waals surface area contributed by atoms with E-state index in [0.717, 1.165) is 0 Å². The molecule has 0 spiro atoms. The molecule has 0 aliphatic rings.